The second-order valence-corrected chi connectivity index (χ2v) is 11.7. The van der Waals surface area contributed by atoms with E-state index in [1.165, 1.54) is 42.5 Å². The molecule has 0 unspecified atom stereocenters. The van der Waals surface area contributed by atoms with E-state index in [-0.39, 0.29) is 21.8 Å². The molecule has 0 aliphatic heterocycles. The molecule has 0 saturated carbocycles. The van der Waals surface area contributed by atoms with E-state index in [9.17, 15) is 32.9 Å². The molecular weight excluding hydrogens is 700 g/mol. The van der Waals surface area contributed by atoms with E-state index in [1.54, 1.807) is 48.5 Å². The summed E-state index contributed by atoms with van der Waals surface area (Å²) in [6.45, 7) is 0. The highest BCUT2D eigenvalue weighted by molar-refractivity contribution is 9.10. The average molecular weight is 720 g/mol. The first-order valence-electron chi connectivity index (χ1n) is 11.6. The van der Waals surface area contributed by atoms with Crippen LogP contribution in [0.2, 0.25) is 0 Å². The van der Waals surface area contributed by atoms with Crippen LogP contribution in [0.4, 0.5) is 11.4 Å². The molecule has 0 heterocycles. The Morgan fingerprint density at radius 3 is 1.62 bits per heavy atom. The van der Waals surface area contributed by atoms with E-state index in [2.05, 4.69) is 47.4 Å². The second-order valence-electron chi connectivity index (χ2n) is 8.16. The molecule has 0 atom stereocenters. The number of nitro groups is 1. The number of non-ortho nitro benzene ring substituents is 1. The molecule has 15 heteroatoms. The molecule has 0 fully saturated rings. The average Bonchev–Trinajstić information content (AvgIpc) is 2.97. The second kappa shape index (κ2) is 14.3. The molecule has 4 aromatic carbocycles. The Morgan fingerprint density at radius 1 is 0.714 bits per heavy atom. The van der Waals surface area contributed by atoms with Gasteiger partial charge in [-0.05, 0) is 78.9 Å². The number of hydrazine groups is 1. The van der Waals surface area contributed by atoms with Gasteiger partial charge in [-0.15, -0.1) is 0 Å². The van der Waals surface area contributed by atoms with Crippen LogP contribution < -0.4 is 15.6 Å². The summed E-state index contributed by atoms with van der Waals surface area (Å²) < 4.78 is 28.9. The molecule has 0 radical (unpaired) electrons. The summed E-state index contributed by atoms with van der Waals surface area (Å²) >= 11 is 6.46. The summed E-state index contributed by atoms with van der Waals surface area (Å²) in [6, 6.07) is 23.0. The predicted octanol–water partition coefficient (Wildman–Crippen LogP) is 5.38. The fourth-order valence-corrected chi connectivity index (χ4v) is 4.75. The smallest absolute Gasteiger partial charge is 0.335 e. The maximum Gasteiger partial charge on any atom is 0.335 e. The molecule has 4 aromatic rings. The molecule has 0 bridgehead atoms. The first kappa shape index (κ1) is 31.9. The summed E-state index contributed by atoms with van der Waals surface area (Å²) in [7, 11) is -4.07. The van der Waals surface area contributed by atoms with Gasteiger partial charge in [-0.1, -0.05) is 37.9 Å². The van der Waals surface area contributed by atoms with Gasteiger partial charge < -0.3 is 5.11 Å². The van der Waals surface area contributed by atoms with Crippen molar-refractivity contribution in [3.63, 3.8) is 0 Å². The number of amides is 2. The highest BCUT2D eigenvalue weighted by atomic mass is 79.9. The van der Waals surface area contributed by atoms with Crippen LogP contribution in [0, 0.1) is 10.1 Å². The van der Waals surface area contributed by atoms with Crippen molar-refractivity contribution in [2.24, 2.45) is 0 Å². The third-order valence-corrected chi connectivity index (χ3v) is 7.66. The number of nitrogens with zero attached hydrogens (tertiary/aromatic N) is 1. The Morgan fingerprint density at radius 2 is 1.17 bits per heavy atom. The number of anilines is 1. The number of nitro benzene ring substituents is 1. The van der Waals surface area contributed by atoms with Crippen molar-refractivity contribution in [1.82, 2.24) is 10.9 Å². The summed E-state index contributed by atoms with van der Waals surface area (Å²) in [4.78, 5) is 44.4. The topological polar surface area (TPSA) is 185 Å². The molecule has 0 spiro atoms. The maximum absolute atomic E-state index is 12.5. The summed E-state index contributed by atoms with van der Waals surface area (Å²) in [6.07, 6.45) is 0. The van der Waals surface area contributed by atoms with E-state index in [0.717, 1.165) is 15.0 Å². The number of carboxylic acids is 1. The first-order chi connectivity index (χ1) is 19.9. The number of carbonyl (C=O) groups excluding carboxylic acids is 2. The SMILES string of the molecule is O=C(NNC(=O)c1ccc(NS(=O)(=O)c2cccc([N+](=O)[O-])c2)cc1)c1ccc(Br)cc1.O=C(O)c1ccc(Br)cc1. The van der Waals surface area contributed by atoms with Crippen LogP contribution in [-0.4, -0.2) is 36.2 Å². The van der Waals surface area contributed by atoms with E-state index >= 15 is 0 Å². The number of hydrogen-bond donors (Lipinski definition) is 4. The lowest BCUT2D eigenvalue weighted by Gasteiger charge is -2.10. The van der Waals surface area contributed by atoms with Gasteiger partial charge in [0.05, 0.1) is 15.4 Å². The third-order valence-electron chi connectivity index (χ3n) is 5.23. The van der Waals surface area contributed by atoms with Crippen molar-refractivity contribution < 1.29 is 32.8 Å². The zero-order valence-corrected chi connectivity index (χ0v) is 25.1. The normalized spacial score (nSPS) is 10.4. The molecule has 4 rings (SSSR count). The van der Waals surface area contributed by atoms with Gasteiger partial charge >= 0.3 is 5.97 Å². The monoisotopic (exact) mass is 718 g/mol. The Kier molecular flexibility index (Phi) is 10.9. The Balaban J connectivity index is 0.000000408. The number of rotatable bonds is 7. The number of aromatic carboxylic acids is 1. The Labute approximate surface area is 256 Å². The fourth-order valence-electron chi connectivity index (χ4n) is 3.12. The zero-order valence-electron chi connectivity index (χ0n) is 21.2. The maximum atomic E-state index is 12.5. The highest BCUT2D eigenvalue weighted by Crippen LogP contribution is 2.21. The number of halogens is 2. The van der Waals surface area contributed by atoms with Crippen molar-refractivity contribution in [3.05, 3.63) is 133 Å². The van der Waals surface area contributed by atoms with Gasteiger partial charge in [0, 0.05) is 37.9 Å². The van der Waals surface area contributed by atoms with Crippen molar-refractivity contribution in [1.29, 1.82) is 0 Å². The van der Waals surface area contributed by atoms with Crippen molar-refractivity contribution in [3.8, 4) is 0 Å². The molecule has 0 aliphatic rings. The largest absolute Gasteiger partial charge is 0.478 e. The van der Waals surface area contributed by atoms with Gasteiger partial charge in [0.15, 0.2) is 0 Å². The van der Waals surface area contributed by atoms with Crippen LogP contribution in [0.3, 0.4) is 0 Å². The van der Waals surface area contributed by atoms with Gasteiger partial charge in [-0.2, -0.15) is 0 Å². The summed E-state index contributed by atoms with van der Waals surface area (Å²) in [5.41, 5.74) is 5.16. The number of carboxylic acid groups (broad SMARTS) is 1. The third kappa shape index (κ3) is 9.22. The van der Waals surface area contributed by atoms with E-state index < -0.39 is 32.7 Å². The molecule has 0 aromatic heterocycles. The molecule has 42 heavy (non-hydrogen) atoms. The van der Waals surface area contributed by atoms with Gasteiger partial charge in [0.1, 0.15) is 0 Å². The van der Waals surface area contributed by atoms with Crippen LogP contribution in [-0.2, 0) is 10.0 Å². The minimum Gasteiger partial charge on any atom is -0.478 e. The van der Waals surface area contributed by atoms with Crippen molar-refractivity contribution in [2.45, 2.75) is 4.90 Å². The number of carbonyl (C=O) groups is 3. The van der Waals surface area contributed by atoms with Crippen LogP contribution in [0.15, 0.2) is 111 Å². The van der Waals surface area contributed by atoms with E-state index in [0.29, 0.717) is 11.1 Å². The van der Waals surface area contributed by atoms with Crippen molar-refractivity contribution >= 4 is 71.0 Å². The molecule has 0 saturated heterocycles. The zero-order chi connectivity index (χ0) is 30.9. The lowest BCUT2D eigenvalue weighted by molar-refractivity contribution is -0.385. The van der Waals surface area contributed by atoms with Crippen LogP contribution in [0.25, 0.3) is 0 Å². The minimum absolute atomic E-state index is 0.145. The van der Waals surface area contributed by atoms with Crippen LogP contribution in [0.5, 0.6) is 0 Å². The van der Waals surface area contributed by atoms with Gasteiger partial charge in [-0.3, -0.25) is 35.3 Å². The standard InChI is InChI=1S/C20H15BrN4O6S.C7H5BrO2/c21-15-8-4-13(5-9-15)19(26)22-23-20(27)14-6-10-16(11-7-14)24-32(30,31)18-3-1-2-17(12-18)25(28)29;8-6-3-1-5(2-4-6)7(9)10/h1-12,24H,(H,22,26)(H,23,27);1-4H,(H,9,10). The number of hydrogen-bond acceptors (Lipinski definition) is 7. The molecule has 12 nitrogen and oxygen atoms in total. The molecule has 216 valence electrons. The summed E-state index contributed by atoms with van der Waals surface area (Å²) in [5.74, 6) is -2.01. The van der Waals surface area contributed by atoms with Gasteiger partial charge in [-0.25, -0.2) is 13.2 Å². The quantitative estimate of drug-likeness (QED) is 0.145. The Bertz CT molecular complexity index is 1710. The van der Waals surface area contributed by atoms with Crippen molar-refractivity contribution in [2.75, 3.05) is 4.72 Å². The molecule has 0 aliphatic carbocycles. The molecule has 4 N–H and O–H groups in total. The van der Waals surface area contributed by atoms with Gasteiger partial charge in [0.2, 0.25) is 0 Å². The fraction of sp³-hybridized carbons (Fsp3) is 0. The molecular formula is C27H20Br2N4O8S. The predicted molar refractivity (Wildman–Crippen MR) is 161 cm³/mol. The minimum atomic E-state index is -4.07. The van der Waals surface area contributed by atoms with E-state index in [1.807, 2.05) is 0 Å². The number of benzene rings is 4. The first-order valence-corrected chi connectivity index (χ1v) is 14.6. The van der Waals surface area contributed by atoms with Crippen LogP contribution in [0.1, 0.15) is 31.1 Å². The molecule has 2 amide bonds. The highest BCUT2D eigenvalue weighted by Gasteiger charge is 2.18. The van der Waals surface area contributed by atoms with Crippen LogP contribution >= 0.6 is 31.9 Å². The van der Waals surface area contributed by atoms with E-state index in [4.69, 9.17) is 5.11 Å². The number of sulfonamides is 1. The summed E-state index contributed by atoms with van der Waals surface area (Å²) in [5, 5.41) is 19.3. The van der Waals surface area contributed by atoms with Gasteiger partial charge in [0.25, 0.3) is 27.5 Å². The number of nitrogens with one attached hydrogen (secondary N) is 3. The Hall–Kier alpha value is -4.60. The lowest BCUT2D eigenvalue weighted by atomic mass is 10.2. The lowest BCUT2D eigenvalue weighted by Crippen LogP contribution is -2.41.